The largest absolute Gasteiger partial charge is 0.418 e. The molecule has 2 aromatic carbocycles. The van der Waals surface area contributed by atoms with Gasteiger partial charge in [0.05, 0.1) is 15.4 Å². The van der Waals surface area contributed by atoms with Crippen LogP contribution in [0.1, 0.15) is 11.1 Å². The van der Waals surface area contributed by atoms with E-state index >= 15 is 0 Å². The van der Waals surface area contributed by atoms with Crippen LogP contribution in [-0.2, 0) is 12.7 Å². The number of rotatable bonds is 7. The predicted molar refractivity (Wildman–Crippen MR) is 96.9 cm³/mol. The van der Waals surface area contributed by atoms with Crippen LogP contribution in [-0.4, -0.2) is 16.4 Å². The lowest BCUT2D eigenvalue weighted by Crippen LogP contribution is -2.26. The highest BCUT2D eigenvalue weighted by molar-refractivity contribution is 5.86. The van der Waals surface area contributed by atoms with Crippen molar-refractivity contribution >= 4 is 22.7 Å². The average Bonchev–Trinajstić information content (AvgIpc) is 2.60. The van der Waals surface area contributed by atoms with Crippen molar-refractivity contribution in [2.75, 3.05) is 17.2 Å². The second kappa shape index (κ2) is 7.94. The van der Waals surface area contributed by atoms with Gasteiger partial charge in [0, 0.05) is 19.2 Å². The van der Waals surface area contributed by atoms with Crippen LogP contribution in [0, 0.1) is 20.2 Å². The van der Waals surface area contributed by atoms with Crippen molar-refractivity contribution in [2.24, 2.45) is 0 Å². The highest BCUT2D eigenvalue weighted by Crippen LogP contribution is 2.48. The molecule has 2 N–H and O–H groups in total. The Morgan fingerprint density at radius 2 is 1.75 bits per heavy atom. The Balaban J connectivity index is 2.81. The van der Waals surface area contributed by atoms with Crippen LogP contribution >= 0.6 is 0 Å². The normalized spacial score (nSPS) is 11.1. The summed E-state index contributed by atoms with van der Waals surface area (Å²) in [5, 5.41) is 23.0. The van der Waals surface area contributed by atoms with E-state index in [2.05, 4.69) is 6.58 Å². The minimum absolute atomic E-state index is 0.0423. The molecule has 2 rings (SSSR count). The van der Waals surface area contributed by atoms with Crippen LogP contribution in [0.15, 0.2) is 49.1 Å². The van der Waals surface area contributed by atoms with Crippen molar-refractivity contribution in [1.82, 2.24) is 0 Å². The number of anilines is 2. The van der Waals surface area contributed by atoms with Crippen LogP contribution in [0.4, 0.5) is 35.9 Å². The quantitative estimate of drug-likeness (QED) is 0.323. The van der Waals surface area contributed by atoms with Crippen molar-refractivity contribution in [3.63, 3.8) is 0 Å². The fraction of sp³-hybridized carbons (Fsp3) is 0.176. The molecule has 0 aromatic heterocycles. The molecular weight excluding hydrogens is 381 g/mol. The van der Waals surface area contributed by atoms with E-state index in [0.29, 0.717) is 5.56 Å². The standard InChI is InChI=1S/C17H15F3N4O4/c1-2-8-22(10-11-6-4-3-5-7-11)15-13(23(25)26)9-12(17(18,19)20)14(21)16(15)24(27)28/h2-7,9H,1,8,10,21H2. The Morgan fingerprint density at radius 3 is 2.21 bits per heavy atom. The minimum Gasteiger partial charge on any atom is -0.393 e. The second-order valence-corrected chi connectivity index (χ2v) is 5.72. The molecule has 0 amide bonds. The van der Waals surface area contributed by atoms with Gasteiger partial charge in [0.15, 0.2) is 5.69 Å². The van der Waals surface area contributed by atoms with E-state index in [9.17, 15) is 33.4 Å². The third-order valence-corrected chi connectivity index (χ3v) is 3.86. The first-order chi connectivity index (χ1) is 13.1. The summed E-state index contributed by atoms with van der Waals surface area (Å²) in [4.78, 5) is 22.0. The first kappa shape index (κ1) is 20.7. The van der Waals surface area contributed by atoms with Crippen molar-refractivity contribution in [2.45, 2.75) is 12.7 Å². The number of alkyl halides is 3. The molecule has 0 heterocycles. The summed E-state index contributed by atoms with van der Waals surface area (Å²) < 4.78 is 39.6. The number of nitro benzene ring substituents is 2. The van der Waals surface area contributed by atoms with Gasteiger partial charge in [-0.15, -0.1) is 6.58 Å². The first-order valence-corrected chi connectivity index (χ1v) is 7.80. The van der Waals surface area contributed by atoms with Crippen LogP contribution in [0.5, 0.6) is 0 Å². The molecule has 0 radical (unpaired) electrons. The molecule has 0 bridgehead atoms. The Labute approximate surface area is 157 Å². The summed E-state index contributed by atoms with van der Waals surface area (Å²) in [7, 11) is 0. The van der Waals surface area contributed by atoms with Crippen molar-refractivity contribution in [3.05, 3.63) is 80.4 Å². The molecule has 28 heavy (non-hydrogen) atoms. The number of hydrogen-bond donors (Lipinski definition) is 1. The molecule has 8 nitrogen and oxygen atoms in total. The Kier molecular flexibility index (Phi) is 5.87. The maximum absolute atomic E-state index is 13.2. The fourth-order valence-corrected chi connectivity index (χ4v) is 2.72. The molecule has 2 aromatic rings. The summed E-state index contributed by atoms with van der Waals surface area (Å²) in [5.41, 5.74) is 0.411. The highest BCUT2D eigenvalue weighted by Gasteiger charge is 2.42. The van der Waals surface area contributed by atoms with Gasteiger partial charge in [-0.1, -0.05) is 36.4 Å². The maximum Gasteiger partial charge on any atom is 0.418 e. The number of nitrogen functional groups attached to an aromatic ring is 1. The predicted octanol–water partition coefficient (Wildman–Crippen LogP) is 4.30. The van der Waals surface area contributed by atoms with E-state index in [4.69, 9.17) is 5.73 Å². The first-order valence-electron chi connectivity index (χ1n) is 7.80. The smallest absolute Gasteiger partial charge is 0.393 e. The zero-order chi connectivity index (χ0) is 21.1. The van der Waals surface area contributed by atoms with Gasteiger partial charge >= 0.3 is 11.9 Å². The third-order valence-electron chi connectivity index (χ3n) is 3.86. The summed E-state index contributed by atoms with van der Waals surface area (Å²) in [6, 6.07) is 8.65. The van der Waals surface area contributed by atoms with Gasteiger partial charge in [0.25, 0.3) is 5.69 Å². The van der Waals surface area contributed by atoms with Crippen molar-refractivity contribution < 1.29 is 23.0 Å². The fourth-order valence-electron chi connectivity index (χ4n) is 2.72. The molecular formula is C17H15F3N4O4. The van der Waals surface area contributed by atoms with E-state index in [1.165, 1.54) is 11.0 Å². The molecule has 0 saturated heterocycles. The van der Waals surface area contributed by atoms with Crippen molar-refractivity contribution in [3.8, 4) is 0 Å². The molecule has 0 atom stereocenters. The Bertz CT molecular complexity index is 917. The SMILES string of the molecule is C=CCN(Cc1ccccc1)c1c([N+](=O)[O-])cc(C(F)(F)F)c(N)c1[N+](=O)[O-]. The Morgan fingerprint density at radius 1 is 1.14 bits per heavy atom. The molecule has 0 saturated carbocycles. The van der Waals surface area contributed by atoms with E-state index in [1.54, 1.807) is 30.3 Å². The number of hydrogen-bond acceptors (Lipinski definition) is 6. The van der Waals surface area contributed by atoms with Gasteiger partial charge in [-0.3, -0.25) is 20.2 Å². The summed E-state index contributed by atoms with van der Waals surface area (Å²) in [6.07, 6.45) is -3.77. The van der Waals surface area contributed by atoms with Gasteiger partial charge in [0.2, 0.25) is 0 Å². The lowest BCUT2D eigenvalue weighted by atomic mass is 10.1. The molecule has 0 fully saturated rings. The minimum atomic E-state index is -5.10. The third kappa shape index (κ3) is 4.19. The van der Waals surface area contributed by atoms with E-state index in [-0.39, 0.29) is 19.2 Å². The van der Waals surface area contributed by atoms with Gasteiger partial charge in [-0.05, 0) is 5.56 Å². The monoisotopic (exact) mass is 396 g/mol. The molecule has 148 valence electrons. The maximum atomic E-state index is 13.2. The van der Waals surface area contributed by atoms with E-state index in [0.717, 1.165) is 0 Å². The van der Waals surface area contributed by atoms with Crippen LogP contribution in [0.2, 0.25) is 0 Å². The highest BCUT2D eigenvalue weighted by atomic mass is 19.4. The number of benzene rings is 2. The molecule has 11 heteroatoms. The topological polar surface area (TPSA) is 116 Å². The van der Waals surface area contributed by atoms with Gasteiger partial charge in [-0.2, -0.15) is 13.2 Å². The summed E-state index contributed by atoms with van der Waals surface area (Å²) in [5.74, 6) is 0. The lowest BCUT2D eigenvalue weighted by Gasteiger charge is -2.24. The molecule has 0 aliphatic heterocycles. The van der Waals surface area contributed by atoms with Gasteiger partial charge < -0.3 is 10.6 Å². The summed E-state index contributed by atoms with van der Waals surface area (Å²) in [6.45, 7) is 3.37. The molecule has 0 spiro atoms. The molecule has 0 unspecified atom stereocenters. The zero-order valence-electron chi connectivity index (χ0n) is 14.3. The van der Waals surface area contributed by atoms with Crippen molar-refractivity contribution in [1.29, 1.82) is 0 Å². The Hall–Kier alpha value is -3.63. The number of nitrogens with two attached hydrogens (primary N) is 1. The average molecular weight is 396 g/mol. The number of halogens is 3. The van der Waals surface area contributed by atoms with Gasteiger partial charge in [0.1, 0.15) is 5.69 Å². The number of nitrogens with zero attached hydrogens (tertiary/aromatic N) is 3. The second-order valence-electron chi connectivity index (χ2n) is 5.72. The van der Waals surface area contributed by atoms with Crippen LogP contribution in [0.25, 0.3) is 0 Å². The molecule has 0 aliphatic rings. The molecule has 0 aliphatic carbocycles. The lowest BCUT2D eigenvalue weighted by molar-refractivity contribution is -0.392. The van der Waals surface area contributed by atoms with E-state index < -0.39 is 44.3 Å². The zero-order valence-corrected chi connectivity index (χ0v) is 14.3. The summed E-state index contributed by atoms with van der Waals surface area (Å²) >= 11 is 0. The van der Waals surface area contributed by atoms with Gasteiger partial charge in [-0.25, -0.2) is 0 Å². The van der Waals surface area contributed by atoms with Crippen LogP contribution < -0.4 is 10.6 Å². The van der Waals surface area contributed by atoms with Crippen LogP contribution in [0.3, 0.4) is 0 Å². The number of nitro groups is 2. The van der Waals surface area contributed by atoms with E-state index in [1.807, 2.05) is 0 Å².